The quantitative estimate of drug-likeness (QED) is 0.758. The first-order chi connectivity index (χ1) is 10.3. The van der Waals surface area contributed by atoms with Crippen molar-refractivity contribution in [2.45, 2.75) is 44.7 Å². The van der Waals surface area contributed by atoms with Crippen molar-refractivity contribution in [1.82, 2.24) is 10.2 Å². The Bertz CT molecular complexity index is 382. The number of nitrogens with one attached hydrogen (secondary N) is 1. The van der Waals surface area contributed by atoms with Crippen molar-refractivity contribution >= 4 is 0 Å². The van der Waals surface area contributed by atoms with Crippen LogP contribution in [0.2, 0.25) is 0 Å². The molecule has 0 heterocycles. The third kappa shape index (κ3) is 5.42. The standard InChI is InChI=1S/C18H30N2O/c1-19-18-11-7-3-6-10-17(18)15-20(12-13-21)14-16-8-4-2-5-9-16/h2,4-5,8-9,17-19,21H,3,6-7,10-15H2,1H3. The van der Waals surface area contributed by atoms with E-state index in [4.69, 9.17) is 0 Å². The maximum absolute atomic E-state index is 9.37. The second-order valence-corrected chi connectivity index (χ2v) is 6.24. The Balaban J connectivity index is 1.96. The molecule has 2 atom stereocenters. The molecule has 0 radical (unpaired) electrons. The van der Waals surface area contributed by atoms with E-state index in [0.29, 0.717) is 12.0 Å². The van der Waals surface area contributed by atoms with Gasteiger partial charge in [0.15, 0.2) is 0 Å². The SMILES string of the molecule is CNC1CCCCCC1CN(CCO)Cc1ccccc1. The largest absolute Gasteiger partial charge is 0.395 e. The van der Waals surface area contributed by atoms with Crippen LogP contribution in [0.3, 0.4) is 0 Å². The van der Waals surface area contributed by atoms with Crippen molar-refractivity contribution < 1.29 is 5.11 Å². The normalized spacial score (nSPS) is 23.2. The third-order valence-corrected chi connectivity index (χ3v) is 4.69. The van der Waals surface area contributed by atoms with Crippen LogP contribution in [-0.4, -0.2) is 42.8 Å². The molecule has 1 saturated carbocycles. The first kappa shape index (κ1) is 16.5. The minimum absolute atomic E-state index is 0.240. The Morgan fingerprint density at radius 3 is 2.62 bits per heavy atom. The summed E-state index contributed by atoms with van der Waals surface area (Å²) in [4.78, 5) is 2.41. The summed E-state index contributed by atoms with van der Waals surface area (Å²) >= 11 is 0. The average Bonchev–Trinajstić information content (AvgIpc) is 2.73. The molecule has 3 nitrogen and oxygen atoms in total. The lowest BCUT2D eigenvalue weighted by Gasteiger charge is -2.31. The van der Waals surface area contributed by atoms with Crippen molar-refractivity contribution in [1.29, 1.82) is 0 Å². The van der Waals surface area contributed by atoms with E-state index in [2.05, 4.69) is 47.6 Å². The summed E-state index contributed by atoms with van der Waals surface area (Å²) in [7, 11) is 2.09. The Labute approximate surface area is 129 Å². The van der Waals surface area contributed by atoms with Crippen LogP contribution in [0.15, 0.2) is 30.3 Å². The van der Waals surface area contributed by atoms with E-state index in [9.17, 15) is 5.11 Å². The second kappa shape index (κ2) is 9.19. The molecule has 1 aliphatic carbocycles. The van der Waals surface area contributed by atoms with E-state index in [-0.39, 0.29) is 6.61 Å². The molecule has 0 aromatic heterocycles. The molecular weight excluding hydrogens is 260 g/mol. The van der Waals surface area contributed by atoms with Crippen molar-refractivity contribution in [3.63, 3.8) is 0 Å². The maximum Gasteiger partial charge on any atom is 0.0558 e. The molecule has 0 saturated heterocycles. The predicted octanol–water partition coefficient (Wildman–Crippen LogP) is 2.65. The van der Waals surface area contributed by atoms with Gasteiger partial charge in [-0.3, -0.25) is 4.90 Å². The molecule has 0 bridgehead atoms. The van der Waals surface area contributed by atoms with E-state index in [1.54, 1.807) is 0 Å². The van der Waals surface area contributed by atoms with E-state index < -0.39 is 0 Å². The predicted molar refractivity (Wildman–Crippen MR) is 88.2 cm³/mol. The van der Waals surface area contributed by atoms with Crippen LogP contribution in [0.1, 0.15) is 37.7 Å². The molecule has 0 spiro atoms. The lowest BCUT2D eigenvalue weighted by atomic mass is 9.94. The summed E-state index contributed by atoms with van der Waals surface area (Å²) in [5, 5.41) is 12.9. The van der Waals surface area contributed by atoms with Gasteiger partial charge in [0.1, 0.15) is 0 Å². The molecule has 2 unspecified atom stereocenters. The molecule has 2 N–H and O–H groups in total. The highest BCUT2D eigenvalue weighted by Gasteiger charge is 2.24. The lowest BCUT2D eigenvalue weighted by molar-refractivity contribution is 0.152. The number of aliphatic hydroxyl groups is 1. The van der Waals surface area contributed by atoms with E-state index in [1.165, 1.54) is 37.7 Å². The van der Waals surface area contributed by atoms with E-state index in [1.807, 2.05) is 0 Å². The van der Waals surface area contributed by atoms with E-state index >= 15 is 0 Å². The number of nitrogens with zero attached hydrogens (tertiary/aromatic N) is 1. The van der Waals surface area contributed by atoms with Gasteiger partial charge in [-0.1, -0.05) is 49.6 Å². The smallest absolute Gasteiger partial charge is 0.0558 e. The minimum atomic E-state index is 0.240. The number of benzene rings is 1. The molecule has 21 heavy (non-hydrogen) atoms. The van der Waals surface area contributed by atoms with Gasteiger partial charge in [0.05, 0.1) is 6.61 Å². The Hall–Kier alpha value is -0.900. The summed E-state index contributed by atoms with van der Waals surface area (Å²) in [6.07, 6.45) is 6.66. The van der Waals surface area contributed by atoms with Crippen LogP contribution in [0, 0.1) is 5.92 Å². The fraction of sp³-hybridized carbons (Fsp3) is 0.667. The summed E-state index contributed by atoms with van der Waals surface area (Å²) < 4.78 is 0. The van der Waals surface area contributed by atoms with Crippen molar-refractivity contribution in [3.8, 4) is 0 Å². The van der Waals surface area contributed by atoms with Gasteiger partial charge in [0.2, 0.25) is 0 Å². The second-order valence-electron chi connectivity index (χ2n) is 6.24. The highest BCUT2D eigenvalue weighted by Crippen LogP contribution is 2.24. The van der Waals surface area contributed by atoms with Crippen LogP contribution in [-0.2, 0) is 6.54 Å². The van der Waals surface area contributed by atoms with Gasteiger partial charge in [0.25, 0.3) is 0 Å². The molecule has 2 rings (SSSR count). The zero-order valence-corrected chi connectivity index (χ0v) is 13.3. The number of rotatable bonds is 7. The van der Waals surface area contributed by atoms with Gasteiger partial charge in [-0.25, -0.2) is 0 Å². The average molecular weight is 290 g/mol. The lowest BCUT2D eigenvalue weighted by Crippen LogP contribution is -2.41. The van der Waals surface area contributed by atoms with Crippen molar-refractivity contribution in [2.24, 2.45) is 5.92 Å². The van der Waals surface area contributed by atoms with Crippen LogP contribution in [0.5, 0.6) is 0 Å². The topological polar surface area (TPSA) is 35.5 Å². The highest BCUT2D eigenvalue weighted by molar-refractivity contribution is 5.14. The summed E-state index contributed by atoms with van der Waals surface area (Å²) in [5.41, 5.74) is 1.33. The third-order valence-electron chi connectivity index (χ3n) is 4.69. The summed E-state index contributed by atoms with van der Waals surface area (Å²) in [6, 6.07) is 11.2. The monoisotopic (exact) mass is 290 g/mol. The Kier molecular flexibility index (Phi) is 7.20. The molecule has 0 aliphatic heterocycles. The van der Waals surface area contributed by atoms with Gasteiger partial charge in [-0.05, 0) is 31.4 Å². The zero-order valence-electron chi connectivity index (χ0n) is 13.3. The number of hydrogen-bond donors (Lipinski definition) is 2. The molecular formula is C18H30N2O. The molecule has 0 amide bonds. The van der Waals surface area contributed by atoms with Crippen LogP contribution in [0.4, 0.5) is 0 Å². The molecule has 118 valence electrons. The van der Waals surface area contributed by atoms with Crippen LogP contribution in [0.25, 0.3) is 0 Å². The maximum atomic E-state index is 9.37. The first-order valence-corrected chi connectivity index (χ1v) is 8.38. The molecule has 1 aliphatic rings. The molecule has 1 aromatic rings. The number of hydrogen-bond acceptors (Lipinski definition) is 3. The molecule has 1 aromatic carbocycles. The van der Waals surface area contributed by atoms with Gasteiger partial charge >= 0.3 is 0 Å². The fourth-order valence-electron chi connectivity index (χ4n) is 3.53. The first-order valence-electron chi connectivity index (χ1n) is 8.38. The Morgan fingerprint density at radius 2 is 1.90 bits per heavy atom. The molecule has 3 heteroatoms. The molecule has 1 fully saturated rings. The van der Waals surface area contributed by atoms with Gasteiger partial charge < -0.3 is 10.4 Å². The van der Waals surface area contributed by atoms with Gasteiger partial charge in [0, 0.05) is 25.7 Å². The number of aliphatic hydroxyl groups excluding tert-OH is 1. The van der Waals surface area contributed by atoms with Gasteiger partial charge in [-0.15, -0.1) is 0 Å². The van der Waals surface area contributed by atoms with Gasteiger partial charge in [-0.2, -0.15) is 0 Å². The van der Waals surface area contributed by atoms with Crippen molar-refractivity contribution in [3.05, 3.63) is 35.9 Å². The van der Waals surface area contributed by atoms with Crippen molar-refractivity contribution in [2.75, 3.05) is 26.7 Å². The Morgan fingerprint density at radius 1 is 1.14 bits per heavy atom. The highest BCUT2D eigenvalue weighted by atomic mass is 16.3. The van der Waals surface area contributed by atoms with E-state index in [0.717, 1.165) is 19.6 Å². The van der Waals surface area contributed by atoms with Crippen LogP contribution < -0.4 is 5.32 Å². The summed E-state index contributed by atoms with van der Waals surface area (Å²) in [5.74, 6) is 0.702. The zero-order chi connectivity index (χ0) is 14.9. The van der Waals surface area contributed by atoms with Crippen LogP contribution >= 0.6 is 0 Å². The fourth-order valence-corrected chi connectivity index (χ4v) is 3.53. The minimum Gasteiger partial charge on any atom is -0.395 e. The summed E-state index contributed by atoms with van der Waals surface area (Å²) in [6.45, 7) is 3.03.